The molecular formula is C26H39NO4. The predicted molar refractivity (Wildman–Crippen MR) is 122 cm³/mol. The topological polar surface area (TPSA) is 89.8 Å². The number of carbonyl (C=O) groups is 1. The molecular weight excluding hydrogens is 390 g/mol. The first-order chi connectivity index (χ1) is 14.7. The normalized spacial score (nSPS) is 36.5. The lowest BCUT2D eigenvalue weighted by Gasteiger charge is -2.44. The summed E-state index contributed by atoms with van der Waals surface area (Å²) in [5.41, 5.74) is 5.63. The van der Waals surface area contributed by atoms with Crippen LogP contribution in [-0.4, -0.2) is 33.5 Å². The average molecular weight is 430 g/mol. The van der Waals surface area contributed by atoms with E-state index in [1.807, 2.05) is 6.92 Å². The number of aliphatic hydroxyl groups is 2. The first-order valence-corrected chi connectivity index (χ1v) is 11.8. The highest BCUT2D eigenvalue weighted by molar-refractivity contribution is 5.86. The van der Waals surface area contributed by atoms with Gasteiger partial charge in [-0.25, -0.2) is 5.48 Å². The van der Waals surface area contributed by atoms with Crippen LogP contribution in [0.5, 0.6) is 0 Å². The molecule has 0 spiro atoms. The molecule has 0 aliphatic heterocycles. The summed E-state index contributed by atoms with van der Waals surface area (Å²) in [7, 11) is 0. The molecule has 0 aromatic carbocycles. The number of hydroxylamine groups is 1. The van der Waals surface area contributed by atoms with Crippen molar-refractivity contribution in [2.75, 3.05) is 0 Å². The van der Waals surface area contributed by atoms with Gasteiger partial charge in [0.05, 0.1) is 12.2 Å². The van der Waals surface area contributed by atoms with Gasteiger partial charge in [0.2, 0.25) is 0 Å². The zero-order valence-corrected chi connectivity index (χ0v) is 19.2. The lowest BCUT2D eigenvalue weighted by molar-refractivity contribution is -0.124. The minimum absolute atomic E-state index is 0.274. The smallest absolute Gasteiger partial charge is 0.267 e. The van der Waals surface area contributed by atoms with E-state index < -0.39 is 18.1 Å². The molecule has 5 heteroatoms. The Bertz CT molecular complexity index is 768. The maximum Gasteiger partial charge on any atom is 0.267 e. The average Bonchev–Trinajstić information content (AvgIpc) is 3.07. The molecule has 3 aliphatic rings. The number of fused-ring (bicyclic) bond motifs is 1. The molecule has 3 aliphatic carbocycles. The molecule has 0 radical (unpaired) electrons. The van der Waals surface area contributed by atoms with Crippen molar-refractivity contribution in [2.24, 2.45) is 23.2 Å². The van der Waals surface area contributed by atoms with Crippen molar-refractivity contribution in [3.05, 3.63) is 47.1 Å². The Morgan fingerprint density at radius 1 is 1.16 bits per heavy atom. The zero-order valence-electron chi connectivity index (χ0n) is 19.2. The molecule has 0 saturated heterocycles. The van der Waals surface area contributed by atoms with Gasteiger partial charge >= 0.3 is 0 Å². The van der Waals surface area contributed by atoms with E-state index in [1.54, 1.807) is 11.6 Å². The number of allylic oxidation sites excluding steroid dienone is 6. The van der Waals surface area contributed by atoms with Gasteiger partial charge in [-0.3, -0.25) is 10.0 Å². The van der Waals surface area contributed by atoms with Crippen molar-refractivity contribution in [2.45, 2.75) is 84.3 Å². The summed E-state index contributed by atoms with van der Waals surface area (Å²) < 4.78 is 0. The summed E-state index contributed by atoms with van der Waals surface area (Å²) in [6.07, 6.45) is 16.8. The van der Waals surface area contributed by atoms with Gasteiger partial charge in [-0.15, -0.1) is 0 Å². The lowest BCUT2D eigenvalue weighted by atomic mass is 9.61. The Hall–Kier alpha value is -1.69. The van der Waals surface area contributed by atoms with Crippen molar-refractivity contribution in [1.29, 1.82) is 0 Å². The van der Waals surface area contributed by atoms with Gasteiger partial charge in [-0.2, -0.15) is 0 Å². The predicted octanol–water partition coefficient (Wildman–Crippen LogP) is 4.61. The van der Waals surface area contributed by atoms with E-state index in [4.69, 9.17) is 5.21 Å². The highest BCUT2D eigenvalue weighted by Crippen LogP contribution is 2.59. The van der Waals surface area contributed by atoms with Crippen LogP contribution in [0.25, 0.3) is 0 Å². The maximum absolute atomic E-state index is 11.2. The number of rotatable bonds is 5. The summed E-state index contributed by atoms with van der Waals surface area (Å²) in [5.74, 6) is 1.09. The Kier molecular flexibility index (Phi) is 7.95. The molecule has 5 nitrogen and oxygen atoms in total. The van der Waals surface area contributed by atoms with Crippen LogP contribution in [-0.2, 0) is 4.79 Å². The second-order valence-electron chi connectivity index (χ2n) is 10.2. The van der Waals surface area contributed by atoms with Gasteiger partial charge in [-0.1, -0.05) is 54.9 Å². The highest BCUT2D eigenvalue weighted by Gasteiger charge is 2.50. The van der Waals surface area contributed by atoms with Crippen LogP contribution < -0.4 is 5.48 Å². The first-order valence-electron chi connectivity index (χ1n) is 11.8. The van der Waals surface area contributed by atoms with E-state index >= 15 is 0 Å². The van der Waals surface area contributed by atoms with Crippen LogP contribution in [0.15, 0.2) is 47.1 Å². The summed E-state index contributed by atoms with van der Waals surface area (Å²) in [5, 5.41) is 28.6. The quantitative estimate of drug-likeness (QED) is 0.222. The zero-order chi connectivity index (χ0) is 22.6. The monoisotopic (exact) mass is 429 g/mol. The summed E-state index contributed by atoms with van der Waals surface area (Å²) in [6, 6.07) is 0. The second kappa shape index (κ2) is 10.3. The van der Waals surface area contributed by atoms with E-state index in [0.717, 1.165) is 17.6 Å². The first kappa shape index (κ1) is 24.0. The van der Waals surface area contributed by atoms with Crippen molar-refractivity contribution in [3.63, 3.8) is 0 Å². The van der Waals surface area contributed by atoms with Crippen molar-refractivity contribution >= 4 is 5.91 Å². The molecule has 4 N–H and O–H groups in total. The molecule has 0 bridgehead atoms. The largest absolute Gasteiger partial charge is 0.393 e. The fraction of sp³-hybridized carbons (Fsp3) is 0.654. The Morgan fingerprint density at radius 3 is 2.55 bits per heavy atom. The summed E-state index contributed by atoms with van der Waals surface area (Å²) in [6.45, 7) is 6.74. The number of carbonyl (C=O) groups excluding carboxylic acids is 1. The molecule has 0 aromatic heterocycles. The third-order valence-corrected chi connectivity index (χ3v) is 7.88. The van der Waals surface area contributed by atoms with Crippen LogP contribution in [0.2, 0.25) is 0 Å². The minimum Gasteiger partial charge on any atom is -0.393 e. The fourth-order valence-electron chi connectivity index (χ4n) is 6.50. The van der Waals surface area contributed by atoms with Crippen molar-refractivity contribution in [3.8, 4) is 0 Å². The van der Waals surface area contributed by atoms with E-state index in [2.05, 4.69) is 32.1 Å². The maximum atomic E-state index is 11.2. The van der Waals surface area contributed by atoms with Gasteiger partial charge in [0, 0.05) is 6.08 Å². The molecule has 3 saturated carbocycles. The number of nitrogens with one attached hydrogen (secondary N) is 1. The minimum atomic E-state index is -0.512. The van der Waals surface area contributed by atoms with Crippen LogP contribution >= 0.6 is 0 Å². The third kappa shape index (κ3) is 5.76. The number of hydrogen-bond donors (Lipinski definition) is 4. The third-order valence-electron chi connectivity index (χ3n) is 7.88. The summed E-state index contributed by atoms with van der Waals surface area (Å²) >= 11 is 0. The van der Waals surface area contributed by atoms with Gasteiger partial charge < -0.3 is 10.2 Å². The number of aliphatic hydroxyl groups excluding tert-OH is 2. The Labute approximate surface area is 186 Å². The van der Waals surface area contributed by atoms with Crippen LogP contribution in [0.3, 0.4) is 0 Å². The lowest BCUT2D eigenvalue weighted by Crippen LogP contribution is -2.35. The molecule has 0 aromatic rings. The van der Waals surface area contributed by atoms with Gasteiger partial charge in [0.15, 0.2) is 0 Å². The van der Waals surface area contributed by atoms with Crippen LogP contribution in [0.4, 0.5) is 0 Å². The van der Waals surface area contributed by atoms with Gasteiger partial charge in [-0.05, 0) is 81.5 Å². The van der Waals surface area contributed by atoms with E-state index in [0.29, 0.717) is 37.0 Å². The molecule has 6 atom stereocenters. The molecule has 0 heterocycles. The fourth-order valence-corrected chi connectivity index (χ4v) is 6.50. The van der Waals surface area contributed by atoms with Crippen molar-refractivity contribution < 1.29 is 20.2 Å². The molecule has 3 fully saturated rings. The standard InChI is InChI=1S/C26H39NO4/c1-17(6-11-25(30)27-31)13-18(2)23-9-10-24-20(5-4-12-26(23,24)3)8-7-19-14-21(28)16-22(29)15-19/h6-8,11,13,18,21-24,28-29,31H,4-5,9-10,12,14-16H2,1-3H3,(H,27,30)/b11-6+,17-13+,20-8+/t18-,21-,22-,23-,24+,26-/m1/s1. The van der Waals surface area contributed by atoms with E-state index in [-0.39, 0.29) is 5.41 Å². The molecule has 3 rings (SSSR count). The number of hydrogen-bond acceptors (Lipinski definition) is 4. The van der Waals surface area contributed by atoms with Gasteiger partial charge in [0.25, 0.3) is 5.91 Å². The molecule has 1 amide bonds. The Balaban J connectivity index is 1.73. The summed E-state index contributed by atoms with van der Waals surface area (Å²) in [4.78, 5) is 11.2. The molecule has 0 unspecified atom stereocenters. The van der Waals surface area contributed by atoms with Crippen molar-refractivity contribution in [1.82, 2.24) is 5.48 Å². The molecule has 31 heavy (non-hydrogen) atoms. The SMILES string of the molecule is CC(/C=C/C(=O)NO)=C\[C@@H](C)[C@H]1CC[C@H]2/C(=C/C=C3C[C@@H](O)C[C@H](O)C3)CCC[C@]12C. The van der Waals surface area contributed by atoms with Gasteiger partial charge in [0.1, 0.15) is 0 Å². The van der Waals surface area contributed by atoms with Crippen LogP contribution in [0.1, 0.15) is 72.1 Å². The van der Waals surface area contributed by atoms with E-state index in [1.165, 1.54) is 37.3 Å². The Morgan fingerprint density at radius 2 is 1.87 bits per heavy atom. The van der Waals surface area contributed by atoms with E-state index in [9.17, 15) is 15.0 Å². The number of amides is 1. The second-order valence-corrected chi connectivity index (χ2v) is 10.2. The highest BCUT2D eigenvalue weighted by atomic mass is 16.5. The van der Waals surface area contributed by atoms with Crippen LogP contribution in [0, 0.1) is 23.2 Å². The molecule has 172 valence electrons.